The molecule has 0 bridgehead atoms. The molecule has 18 rings (SSSR count). The summed E-state index contributed by atoms with van der Waals surface area (Å²) in [6, 6.07) is 74.7. The summed E-state index contributed by atoms with van der Waals surface area (Å²) >= 11 is 0. The molecule has 10 aromatic carbocycles. The van der Waals surface area contributed by atoms with Crippen LogP contribution < -0.4 is 36.2 Å². The molecule has 0 amide bonds. The standard InChI is InChI=1S/C53H59BN2O.C53H62N2O/c1-32-26-42-45-43(27-32)56-47-39(52(11)24-16-17-25-53(52,56)12)29-36(51(8,9)10)30-40(47)54(45)48-46(37-22-20-35(50(5,6)7)31-44(37)57-48)55(42)41-23-21-34(49(2,3)4)28-38(41)33-18-14-13-15-19-33;1-35-28-40(33-41(29-35)55-46-25-22-38(50(5,6)7)31-44(46)52(11)26-16-17-27-53(52,55)12)54(47-34-56-48-32-39(51(8,9)10)20-23-42(47)48)45-24-21-37(49(2,3)4)30-43(45)36-18-14-13-15-19-36/h13-15,18-23,26-31H,16-17,24-25H2,1-12H3;13-15,18-25,28-34H,16-17,26-27H2,1-12H3. The average molecular weight is 1490 g/mol. The molecule has 113 heavy (non-hydrogen) atoms. The fraction of sp³-hybridized carbons (Fsp3) is 0.396. The summed E-state index contributed by atoms with van der Waals surface area (Å²) in [6.07, 6.45) is 11.8. The van der Waals surface area contributed by atoms with Gasteiger partial charge in [-0.05, 0) is 248 Å². The van der Waals surface area contributed by atoms with E-state index >= 15 is 0 Å². The van der Waals surface area contributed by atoms with Gasteiger partial charge in [0.2, 0.25) is 0 Å². The second kappa shape index (κ2) is 26.0. The van der Waals surface area contributed by atoms with Crippen molar-refractivity contribution in [2.45, 2.75) is 272 Å². The molecule has 2 aromatic heterocycles. The van der Waals surface area contributed by atoms with Crippen molar-refractivity contribution >= 4 is 102 Å². The maximum atomic E-state index is 7.47. The van der Waals surface area contributed by atoms with Crippen molar-refractivity contribution in [3.05, 3.63) is 256 Å². The number of rotatable bonds is 7. The Bertz CT molecular complexity index is 5790. The van der Waals surface area contributed by atoms with Gasteiger partial charge in [0.1, 0.15) is 17.4 Å². The van der Waals surface area contributed by atoms with Crippen LogP contribution in [0.3, 0.4) is 0 Å². The van der Waals surface area contributed by atoms with Gasteiger partial charge in [0.05, 0.1) is 39.5 Å². The summed E-state index contributed by atoms with van der Waals surface area (Å²) in [5.74, 6) is 0. The summed E-state index contributed by atoms with van der Waals surface area (Å²) in [6.45, 7) is 56.5. The molecule has 2 saturated carbocycles. The predicted octanol–water partition coefficient (Wildman–Crippen LogP) is 28.2. The Labute approximate surface area is 676 Å². The monoisotopic (exact) mass is 1490 g/mol. The van der Waals surface area contributed by atoms with Crippen LogP contribution in [-0.2, 0) is 43.3 Å². The van der Waals surface area contributed by atoms with E-state index in [0.717, 1.165) is 45.7 Å². The quantitative estimate of drug-likeness (QED) is 0.148. The first kappa shape index (κ1) is 76.2. The molecular formula is C106H121BN4O2. The first-order valence-corrected chi connectivity index (χ1v) is 42.4. The second-order valence-electron chi connectivity index (χ2n) is 41.9. The summed E-state index contributed by atoms with van der Waals surface area (Å²) in [7, 11) is 0. The number of furan rings is 2. The van der Waals surface area contributed by atoms with Crippen LogP contribution in [0.2, 0.25) is 0 Å². The van der Waals surface area contributed by atoms with Crippen molar-refractivity contribution in [1.82, 2.24) is 0 Å². The van der Waals surface area contributed by atoms with Gasteiger partial charge in [0, 0.05) is 66.9 Å². The third-order valence-corrected chi connectivity index (χ3v) is 28.1. The Kier molecular flexibility index (Phi) is 17.6. The zero-order valence-corrected chi connectivity index (χ0v) is 72.4. The Balaban J connectivity index is 0.000000164. The van der Waals surface area contributed by atoms with E-state index in [1.807, 2.05) is 6.26 Å². The summed E-state index contributed by atoms with van der Waals surface area (Å²) in [4.78, 5) is 10.6. The topological polar surface area (TPSA) is 39.2 Å². The van der Waals surface area contributed by atoms with E-state index in [1.165, 1.54) is 173 Å². The van der Waals surface area contributed by atoms with E-state index in [4.69, 9.17) is 8.83 Å². The Morgan fingerprint density at radius 1 is 0.381 bits per heavy atom. The minimum atomic E-state index is -0.0603. The fourth-order valence-corrected chi connectivity index (χ4v) is 20.9. The SMILES string of the molecule is Cc1cc(N(c2ccc(C(C)(C)C)cc2-c2ccccc2)c2coc3cc(C(C)(C)C)ccc23)cc(N2c3ccc(C(C)(C)C)cc3C3(C)CCCCC23C)c1.Cc1cc2c3c(c1)N1c4c(cc(C(C)(C)C)cc4C4(C)CCCCC14C)B3c1oc3cc(C(C)(C)C)ccc3c1N2c1ccc(C(C)(C)C)cc1-c1ccccc1. The van der Waals surface area contributed by atoms with Gasteiger partial charge in [-0.25, -0.2) is 0 Å². The number of nitrogens with zero attached hydrogens (tertiary/aromatic N) is 4. The minimum absolute atomic E-state index is 0.00156. The first-order chi connectivity index (χ1) is 53.1. The minimum Gasteiger partial charge on any atom is -0.468 e. The van der Waals surface area contributed by atoms with Crippen molar-refractivity contribution in [1.29, 1.82) is 0 Å². The number of anilines is 10. The van der Waals surface area contributed by atoms with E-state index in [1.54, 1.807) is 5.56 Å². The van der Waals surface area contributed by atoms with Crippen molar-refractivity contribution in [3.8, 4) is 22.3 Å². The molecule has 2 aliphatic carbocycles. The summed E-state index contributed by atoms with van der Waals surface area (Å²) < 4.78 is 14.0. The van der Waals surface area contributed by atoms with Gasteiger partial charge in [0.25, 0.3) is 6.71 Å². The maximum absolute atomic E-state index is 7.47. The molecular weight excluding hydrogens is 1370 g/mol. The molecule has 7 heteroatoms. The summed E-state index contributed by atoms with van der Waals surface area (Å²) in [5, 5.41) is 2.28. The number of benzene rings is 10. The molecule has 12 aromatic rings. The highest BCUT2D eigenvalue weighted by Crippen LogP contribution is 2.65. The third kappa shape index (κ3) is 12.1. The van der Waals surface area contributed by atoms with Gasteiger partial charge >= 0.3 is 0 Å². The highest BCUT2D eigenvalue weighted by Gasteiger charge is 2.63. The third-order valence-electron chi connectivity index (χ3n) is 28.1. The Hall–Kier alpha value is -9.46. The lowest BCUT2D eigenvalue weighted by molar-refractivity contribution is 0.195. The van der Waals surface area contributed by atoms with Crippen LogP contribution in [0.15, 0.2) is 209 Å². The van der Waals surface area contributed by atoms with E-state index in [9.17, 15) is 0 Å². The summed E-state index contributed by atoms with van der Waals surface area (Å²) in [5.41, 5.74) is 36.6. The van der Waals surface area contributed by atoms with Gasteiger partial charge in [-0.1, -0.05) is 273 Å². The van der Waals surface area contributed by atoms with Crippen molar-refractivity contribution in [2.75, 3.05) is 19.6 Å². The fourth-order valence-electron chi connectivity index (χ4n) is 20.9. The van der Waals surface area contributed by atoms with Crippen LogP contribution in [0.5, 0.6) is 0 Å². The number of aryl methyl sites for hydroxylation is 2. The molecule has 4 aliphatic heterocycles. The normalized spacial score (nSPS) is 20.5. The smallest absolute Gasteiger partial charge is 0.297 e. The lowest BCUT2D eigenvalue weighted by atomic mass is 9.35. The largest absolute Gasteiger partial charge is 0.468 e. The highest BCUT2D eigenvalue weighted by molar-refractivity contribution is 7.00. The molecule has 6 aliphatic rings. The molecule has 0 N–H and O–H groups in total. The van der Waals surface area contributed by atoms with E-state index < -0.39 is 0 Å². The number of fused-ring (bicyclic) bond motifs is 13. The van der Waals surface area contributed by atoms with E-state index in [0.29, 0.717) is 0 Å². The van der Waals surface area contributed by atoms with Crippen LogP contribution in [-0.4, -0.2) is 17.8 Å². The molecule has 0 spiro atoms. The van der Waals surface area contributed by atoms with Gasteiger partial charge in [-0.3, -0.25) is 0 Å². The van der Waals surface area contributed by atoms with Crippen LogP contribution in [0.25, 0.3) is 44.2 Å². The molecule has 6 heterocycles. The van der Waals surface area contributed by atoms with Gasteiger partial charge < -0.3 is 28.4 Å². The highest BCUT2D eigenvalue weighted by atomic mass is 16.3. The van der Waals surface area contributed by atoms with Gasteiger partial charge in [-0.15, -0.1) is 0 Å². The number of hydrogen-bond donors (Lipinski definition) is 0. The molecule has 0 saturated heterocycles. The zero-order chi connectivity index (χ0) is 80.2. The second-order valence-corrected chi connectivity index (χ2v) is 41.9. The molecule has 4 unspecified atom stereocenters. The number of hydrogen-bond acceptors (Lipinski definition) is 6. The van der Waals surface area contributed by atoms with Crippen molar-refractivity contribution < 1.29 is 8.83 Å². The van der Waals surface area contributed by atoms with Crippen LogP contribution >= 0.6 is 0 Å². The van der Waals surface area contributed by atoms with Crippen LogP contribution in [0, 0.1) is 13.8 Å². The maximum Gasteiger partial charge on any atom is 0.297 e. The first-order valence-electron chi connectivity index (χ1n) is 42.4. The lowest BCUT2D eigenvalue weighted by Crippen LogP contribution is -2.64. The van der Waals surface area contributed by atoms with Crippen LogP contribution in [0.4, 0.5) is 56.9 Å². The zero-order valence-electron chi connectivity index (χ0n) is 72.4. The molecule has 0 radical (unpaired) electrons. The van der Waals surface area contributed by atoms with Crippen LogP contribution in [0.1, 0.15) is 259 Å². The van der Waals surface area contributed by atoms with Gasteiger partial charge in [-0.2, -0.15) is 0 Å². The van der Waals surface area contributed by atoms with Crippen molar-refractivity contribution in [3.63, 3.8) is 0 Å². The Morgan fingerprint density at radius 3 is 1.46 bits per heavy atom. The van der Waals surface area contributed by atoms with Crippen molar-refractivity contribution in [2.24, 2.45) is 0 Å². The molecule has 580 valence electrons. The van der Waals surface area contributed by atoms with Gasteiger partial charge in [0.15, 0.2) is 0 Å². The van der Waals surface area contributed by atoms with E-state index in [2.05, 4.69) is 380 Å². The average Bonchev–Trinajstić information content (AvgIpc) is 1.51. The van der Waals surface area contributed by atoms with E-state index in [-0.39, 0.29) is 61.1 Å². The molecule has 6 nitrogen and oxygen atoms in total. The molecule has 2 fully saturated rings. The molecule has 4 atom stereocenters. The predicted molar refractivity (Wildman–Crippen MR) is 485 cm³/mol. The lowest BCUT2D eigenvalue weighted by Gasteiger charge is -2.52. The Morgan fingerprint density at radius 2 is 0.858 bits per heavy atom.